The van der Waals surface area contributed by atoms with Gasteiger partial charge in [-0.2, -0.15) is 13.2 Å². The zero-order chi connectivity index (χ0) is 43.4. The van der Waals surface area contributed by atoms with E-state index in [0.717, 1.165) is 70.8 Å². The predicted molar refractivity (Wildman–Crippen MR) is 227 cm³/mol. The van der Waals surface area contributed by atoms with Gasteiger partial charge in [-0.3, -0.25) is 24.4 Å². The summed E-state index contributed by atoms with van der Waals surface area (Å²) >= 11 is 1.32. The van der Waals surface area contributed by atoms with E-state index in [2.05, 4.69) is 71.1 Å². The number of likely N-dealkylation sites (N-methyl/N-ethyl adjacent to an activating group) is 1. The summed E-state index contributed by atoms with van der Waals surface area (Å²) < 4.78 is 54.7. The van der Waals surface area contributed by atoms with E-state index >= 15 is 0 Å². The summed E-state index contributed by atoms with van der Waals surface area (Å²) in [5.74, 6) is -4.88. The van der Waals surface area contributed by atoms with Gasteiger partial charge in [-0.25, -0.2) is 10.4 Å². The average molecular weight is 865 g/mol. The zero-order valence-electron chi connectivity index (χ0n) is 35.6. The van der Waals surface area contributed by atoms with Crippen LogP contribution in [-0.4, -0.2) is 114 Å². The third-order valence-electron chi connectivity index (χ3n) is 12.6. The van der Waals surface area contributed by atoms with Gasteiger partial charge < -0.3 is 29.2 Å². The molecule has 3 aromatic heterocycles. The van der Waals surface area contributed by atoms with Crippen molar-refractivity contribution in [1.29, 1.82) is 0 Å². The highest BCUT2D eigenvalue weighted by Crippen LogP contribution is 2.50. The number of ether oxygens (including phenoxy) is 2. The minimum Gasteiger partial charge on any atom is -0.464 e. The van der Waals surface area contributed by atoms with Crippen molar-refractivity contribution in [1.82, 2.24) is 35.2 Å². The van der Waals surface area contributed by atoms with E-state index in [1.165, 1.54) is 16.3 Å². The molecule has 6 bridgehead atoms. The van der Waals surface area contributed by atoms with Crippen LogP contribution >= 0.6 is 11.3 Å². The number of nitrogens with zero attached hydrogens (tertiary/aromatic N) is 6. The van der Waals surface area contributed by atoms with Crippen LogP contribution in [0.5, 0.6) is 0 Å². The highest BCUT2D eigenvalue weighted by atomic mass is 32.1. The molecule has 17 heteroatoms. The van der Waals surface area contributed by atoms with Gasteiger partial charge in [0.05, 0.1) is 58.5 Å². The number of piperazine rings is 1. The Hall–Kier alpha value is -4.58. The number of carbonyl (C=O) groups excluding carboxylic acids is 3. The number of carbonyl (C=O) groups is 3. The number of pyridine rings is 1. The molecule has 3 fully saturated rings. The Morgan fingerprint density at radius 3 is 2.62 bits per heavy atom. The number of alkyl halides is 3. The summed E-state index contributed by atoms with van der Waals surface area (Å²) in [6, 6.07) is 6.45. The van der Waals surface area contributed by atoms with E-state index in [0.29, 0.717) is 36.5 Å². The summed E-state index contributed by atoms with van der Waals surface area (Å²) in [4.78, 5) is 55.8. The van der Waals surface area contributed by atoms with Gasteiger partial charge in [0.1, 0.15) is 12.1 Å². The molecule has 1 aromatic carbocycles. The number of amides is 2. The minimum atomic E-state index is -4.50. The fourth-order valence-electron chi connectivity index (χ4n) is 8.96. The topological polar surface area (TPSA) is 134 Å². The fraction of sp³-hybridized carbons (Fsp3) is 0.568. The first-order valence-corrected chi connectivity index (χ1v) is 22.1. The van der Waals surface area contributed by atoms with E-state index < -0.39 is 53.3 Å². The number of aromatic nitrogens is 3. The van der Waals surface area contributed by atoms with Crippen LogP contribution in [0.1, 0.15) is 69.3 Å². The number of hydrogen-bond donors (Lipinski definition) is 2. The van der Waals surface area contributed by atoms with Crippen molar-refractivity contribution in [3.8, 4) is 22.5 Å². The average Bonchev–Trinajstić information content (AvgIpc) is 3.86. The number of halogens is 3. The summed E-state index contributed by atoms with van der Waals surface area (Å²) in [6.07, 6.45) is -1.77. The molecule has 0 unspecified atom stereocenters. The molecule has 0 radical (unpaired) electrons. The van der Waals surface area contributed by atoms with Crippen molar-refractivity contribution in [2.24, 2.45) is 17.3 Å². The lowest BCUT2D eigenvalue weighted by Crippen LogP contribution is -2.60. The van der Waals surface area contributed by atoms with Gasteiger partial charge in [-0.15, -0.1) is 11.3 Å². The molecule has 2 N–H and O–H groups in total. The van der Waals surface area contributed by atoms with E-state index in [-0.39, 0.29) is 32.1 Å². The standard InChI is InChI=1S/C44H55F3N8O5S/c1-7-54-36-11-10-26-17-28(36)31(39(54)30-18-27(22-48-38(30)25(2)59-6)53-15-13-52(5)14-16-53)21-43(3,4)24-60-42(58)33-9-8-12-55(51-33)41(57)34(20-37-49-35(26)23-61-37)50-40(56)29-19-32(29)44(45,46)47/h10-11,17-18,22-23,25,29,32-34,51H,7-9,12-16,19-21,24H2,1-6H3,(H,50,56)/t25-,29-,32-,33-,34-/m0/s1. The Balaban J connectivity index is 1.24. The highest BCUT2D eigenvalue weighted by Gasteiger charge is 2.59. The molecule has 4 aromatic rings. The Morgan fingerprint density at radius 1 is 1.15 bits per heavy atom. The number of nitrogens with one attached hydrogen (secondary N) is 2. The first-order valence-electron chi connectivity index (χ1n) is 21.2. The normalized spacial score (nSPS) is 24.3. The van der Waals surface area contributed by atoms with Crippen LogP contribution in [0.15, 0.2) is 35.8 Å². The van der Waals surface area contributed by atoms with Crippen LogP contribution in [0.25, 0.3) is 33.4 Å². The Morgan fingerprint density at radius 2 is 1.92 bits per heavy atom. The summed E-state index contributed by atoms with van der Waals surface area (Å²) in [6.45, 7) is 12.9. The third-order valence-corrected chi connectivity index (χ3v) is 13.5. The second kappa shape index (κ2) is 16.9. The molecule has 0 spiro atoms. The molecule has 4 aliphatic rings. The largest absolute Gasteiger partial charge is 0.464 e. The molecule has 1 saturated carbocycles. The maximum atomic E-state index is 14.1. The number of cyclic esters (lactones) is 1. The number of hydrogen-bond acceptors (Lipinski definition) is 11. The van der Waals surface area contributed by atoms with Crippen LogP contribution < -0.4 is 15.6 Å². The Labute approximate surface area is 357 Å². The van der Waals surface area contributed by atoms with Crippen LogP contribution in [0.4, 0.5) is 18.9 Å². The van der Waals surface area contributed by atoms with Crippen molar-refractivity contribution in [2.75, 3.05) is 58.4 Å². The number of methoxy groups -OCH3 is 1. The minimum absolute atomic E-state index is 0.0406. The SMILES string of the molecule is CCn1c(-c2cc(N3CCN(C)CC3)cnc2[C@H](C)OC)c2c3cc(ccc31)-c1csc(n1)C[C@H](NC(=O)[C@H]1C[C@@H]1C(F)(F)F)C(=O)N1CCC[C@H](N1)C(=O)OCC(C)(C)C2. The Kier molecular flexibility index (Phi) is 12.0. The van der Waals surface area contributed by atoms with Crippen molar-refractivity contribution in [2.45, 2.75) is 90.7 Å². The molecule has 13 nitrogen and oxygen atoms in total. The molecular weight excluding hydrogens is 810 g/mol. The van der Waals surface area contributed by atoms with Gasteiger partial charge in [0.25, 0.3) is 5.91 Å². The summed E-state index contributed by atoms with van der Waals surface area (Å²) in [7, 11) is 3.82. The van der Waals surface area contributed by atoms with Crippen molar-refractivity contribution in [3.05, 3.63) is 52.1 Å². The molecule has 5 atom stereocenters. The van der Waals surface area contributed by atoms with Gasteiger partial charge >= 0.3 is 12.1 Å². The number of benzene rings is 1. The molecule has 2 amide bonds. The highest BCUT2D eigenvalue weighted by molar-refractivity contribution is 7.10. The van der Waals surface area contributed by atoms with Gasteiger partial charge in [0.15, 0.2) is 0 Å². The van der Waals surface area contributed by atoms with Gasteiger partial charge in [0, 0.05) is 85.6 Å². The van der Waals surface area contributed by atoms with Gasteiger partial charge in [-0.1, -0.05) is 19.9 Å². The van der Waals surface area contributed by atoms with E-state index in [1.807, 2.05) is 24.6 Å². The van der Waals surface area contributed by atoms with E-state index in [9.17, 15) is 27.6 Å². The number of fused-ring (bicyclic) bond motifs is 6. The number of thiazole rings is 1. The molecule has 61 heavy (non-hydrogen) atoms. The number of hydrazine groups is 1. The lowest BCUT2D eigenvalue weighted by Gasteiger charge is -2.35. The quantitative estimate of drug-likeness (QED) is 0.209. The smallest absolute Gasteiger partial charge is 0.392 e. The number of esters is 1. The summed E-state index contributed by atoms with van der Waals surface area (Å²) in [5.41, 5.74) is 9.93. The molecule has 8 rings (SSSR count). The molecule has 328 valence electrons. The molecule has 2 saturated heterocycles. The van der Waals surface area contributed by atoms with Gasteiger partial charge in [0.2, 0.25) is 5.91 Å². The first-order chi connectivity index (χ1) is 29.0. The first kappa shape index (κ1) is 43.1. The number of anilines is 1. The monoisotopic (exact) mass is 864 g/mol. The molecule has 6 heterocycles. The maximum Gasteiger partial charge on any atom is 0.392 e. The molecule has 3 aliphatic heterocycles. The number of aryl methyl sites for hydroxylation is 1. The van der Waals surface area contributed by atoms with E-state index in [1.54, 1.807) is 7.11 Å². The molecule has 1 aliphatic carbocycles. The van der Waals surface area contributed by atoms with Crippen molar-refractivity contribution in [3.63, 3.8) is 0 Å². The third kappa shape index (κ3) is 8.88. The second-order valence-corrected chi connectivity index (χ2v) is 18.7. The lowest BCUT2D eigenvalue weighted by molar-refractivity contribution is -0.156. The van der Waals surface area contributed by atoms with Crippen LogP contribution in [0, 0.1) is 17.3 Å². The van der Waals surface area contributed by atoms with Crippen molar-refractivity contribution < 1.29 is 37.0 Å². The van der Waals surface area contributed by atoms with Crippen molar-refractivity contribution >= 4 is 45.7 Å². The number of rotatable bonds is 7. The lowest BCUT2D eigenvalue weighted by atomic mass is 9.84. The van der Waals surface area contributed by atoms with Crippen LogP contribution in [0.3, 0.4) is 0 Å². The summed E-state index contributed by atoms with van der Waals surface area (Å²) in [5, 5.41) is 7.37. The Bertz CT molecular complexity index is 2300. The predicted octanol–water partition coefficient (Wildman–Crippen LogP) is 6.15. The maximum absolute atomic E-state index is 14.1. The van der Waals surface area contributed by atoms with Crippen LogP contribution in [-0.2, 0) is 43.2 Å². The second-order valence-electron chi connectivity index (χ2n) is 17.7. The molecular formula is C44H55F3N8O5S. The van der Waals surface area contributed by atoms with Gasteiger partial charge in [-0.05, 0) is 70.3 Å². The fourth-order valence-corrected chi connectivity index (χ4v) is 9.81. The van der Waals surface area contributed by atoms with E-state index in [4.69, 9.17) is 19.4 Å². The zero-order valence-corrected chi connectivity index (χ0v) is 36.4. The van der Waals surface area contributed by atoms with Crippen LogP contribution in [0.2, 0.25) is 0 Å².